The summed E-state index contributed by atoms with van der Waals surface area (Å²) in [5.74, 6) is 0.361. The number of aromatic nitrogens is 1. The highest BCUT2D eigenvalue weighted by molar-refractivity contribution is 6.38. The molecule has 88 valence electrons. The highest BCUT2D eigenvalue weighted by Gasteiger charge is 2.12. The van der Waals surface area contributed by atoms with Gasteiger partial charge in [-0.2, -0.15) is 0 Å². The van der Waals surface area contributed by atoms with Crippen molar-refractivity contribution in [2.24, 2.45) is 0 Å². The lowest BCUT2D eigenvalue weighted by Gasteiger charge is -2.09. The molecule has 0 unspecified atom stereocenters. The van der Waals surface area contributed by atoms with Crippen LogP contribution >= 0.6 is 34.8 Å². The number of rotatable bonds is 2. The van der Waals surface area contributed by atoms with Crippen LogP contribution in [0.25, 0.3) is 11.1 Å². The van der Waals surface area contributed by atoms with E-state index in [4.69, 9.17) is 39.5 Å². The van der Waals surface area contributed by atoms with Gasteiger partial charge in [-0.15, -0.1) is 0 Å². The van der Waals surface area contributed by atoms with E-state index in [-0.39, 0.29) is 0 Å². The predicted octanol–water partition coefficient (Wildman–Crippen LogP) is 4.72. The first-order valence-electron chi connectivity index (χ1n) is 4.77. The fourth-order valence-corrected chi connectivity index (χ4v) is 2.16. The summed E-state index contributed by atoms with van der Waals surface area (Å²) in [5.41, 5.74) is 1.50. The Morgan fingerprint density at radius 1 is 1.06 bits per heavy atom. The molecule has 1 heterocycles. The maximum absolute atomic E-state index is 6.18. The highest BCUT2D eigenvalue weighted by atomic mass is 35.5. The van der Waals surface area contributed by atoms with Gasteiger partial charge in [0.25, 0.3) is 0 Å². The Morgan fingerprint density at radius 3 is 2.53 bits per heavy atom. The second-order valence-electron chi connectivity index (χ2n) is 3.31. The van der Waals surface area contributed by atoms with Crippen LogP contribution in [0.3, 0.4) is 0 Å². The molecule has 0 atom stereocenters. The first-order chi connectivity index (χ1) is 8.13. The van der Waals surface area contributed by atoms with Crippen LogP contribution in [0.4, 0.5) is 0 Å². The van der Waals surface area contributed by atoms with Gasteiger partial charge in [-0.05, 0) is 24.3 Å². The molecule has 0 saturated heterocycles. The lowest BCUT2D eigenvalue weighted by molar-refractivity contribution is 0.398. The van der Waals surface area contributed by atoms with E-state index in [0.717, 1.165) is 11.1 Å². The Labute approximate surface area is 114 Å². The number of nitrogens with zero attached hydrogens (tertiary/aromatic N) is 1. The Balaban J connectivity index is 2.64. The number of methoxy groups -OCH3 is 1. The van der Waals surface area contributed by atoms with Gasteiger partial charge in [-0.1, -0.05) is 34.8 Å². The fourth-order valence-electron chi connectivity index (χ4n) is 1.48. The number of hydrogen-bond donors (Lipinski definition) is 0. The number of pyridine rings is 1. The molecule has 0 radical (unpaired) electrons. The predicted molar refractivity (Wildman–Crippen MR) is 71.3 cm³/mol. The Kier molecular flexibility index (Phi) is 3.77. The molecule has 17 heavy (non-hydrogen) atoms. The Hall–Kier alpha value is -0.960. The van der Waals surface area contributed by atoms with Crippen LogP contribution in [0.15, 0.2) is 30.5 Å². The van der Waals surface area contributed by atoms with Gasteiger partial charge in [0.1, 0.15) is 5.02 Å². The summed E-state index contributed by atoms with van der Waals surface area (Å²) in [6.07, 6.45) is 1.61. The molecule has 2 rings (SSSR count). The topological polar surface area (TPSA) is 22.1 Å². The average Bonchev–Trinajstić information content (AvgIpc) is 2.33. The molecule has 2 aromatic rings. The van der Waals surface area contributed by atoms with E-state index >= 15 is 0 Å². The molecule has 0 spiro atoms. The first kappa shape index (κ1) is 12.5. The quantitative estimate of drug-likeness (QED) is 0.798. The van der Waals surface area contributed by atoms with Gasteiger partial charge in [0.05, 0.1) is 7.11 Å². The van der Waals surface area contributed by atoms with E-state index in [1.807, 2.05) is 0 Å². The summed E-state index contributed by atoms with van der Waals surface area (Å²) >= 11 is 18.2. The third kappa shape index (κ3) is 2.49. The molecule has 1 aromatic heterocycles. The molecule has 1 aromatic carbocycles. The van der Waals surface area contributed by atoms with Crippen LogP contribution < -0.4 is 4.74 Å². The van der Waals surface area contributed by atoms with E-state index in [1.165, 1.54) is 7.11 Å². The molecule has 5 heteroatoms. The smallest absolute Gasteiger partial charge is 0.232 e. The molecule has 2 nitrogen and oxygen atoms in total. The SMILES string of the molecule is COc1nccc(-c2cc(Cl)ccc2Cl)c1Cl. The molecular formula is C12H8Cl3NO. The van der Waals surface area contributed by atoms with Gasteiger partial charge in [-0.25, -0.2) is 4.98 Å². The molecule has 0 aliphatic carbocycles. The Bertz CT molecular complexity index is 557. The highest BCUT2D eigenvalue weighted by Crippen LogP contribution is 2.38. The first-order valence-corrected chi connectivity index (χ1v) is 5.91. The molecule has 0 N–H and O–H groups in total. The maximum Gasteiger partial charge on any atom is 0.232 e. The van der Waals surface area contributed by atoms with Gasteiger partial charge >= 0.3 is 0 Å². The van der Waals surface area contributed by atoms with Gasteiger partial charge in [0.15, 0.2) is 0 Å². The number of halogens is 3. The molecule has 0 aliphatic rings. The molecule has 0 aliphatic heterocycles. The summed E-state index contributed by atoms with van der Waals surface area (Å²) in [7, 11) is 1.51. The second-order valence-corrected chi connectivity index (χ2v) is 4.53. The van der Waals surface area contributed by atoms with Crippen LogP contribution in [-0.2, 0) is 0 Å². The zero-order chi connectivity index (χ0) is 12.4. The van der Waals surface area contributed by atoms with Gasteiger partial charge in [0.2, 0.25) is 5.88 Å². The van der Waals surface area contributed by atoms with E-state index in [2.05, 4.69) is 4.98 Å². The summed E-state index contributed by atoms with van der Waals surface area (Å²) < 4.78 is 5.06. The van der Waals surface area contributed by atoms with Gasteiger partial charge in [-0.3, -0.25) is 0 Å². The lowest BCUT2D eigenvalue weighted by Crippen LogP contribution is -1.90. The largest absolute Gasteiger partial charge is 0.480 e. The van der Waals surface area contributed by atoms with Crippen LogP contribution in [-0.4, -0.2) is 12.1 Å². The van der Waals surface area contributed by atoms with E-state index in [1.54, 1.807) is 30.5 Å². The third-order valence-electron chi connectivity index (χ3n) is 2.27. The molecule has 0 saturated carbocycles. The number of benzene rings is 1. The van der Waals surface area contributed by atoms with Crippen molar-refractivity contribution < 1.29 is 4.74 Å². The molecule has 0 fully saturated rings. The summed E-state index contributed by atoms with van der Waals surface area (Å²) in [5, 5.41) is 1.58. The van der Waals surface area contributed by atoms with Crippen LogP contribution in [0.1, 0.15) is 0 Å². The van der Waals surface area contributed by atoms with E-state index < -0.39 is 0 Å². The normalized spacial score (nSPS) is 10.4. The summed E-state index contributed by atoms with van der Waals surface area (Å²) in [4.78, 5) is 4.00. The van der Waals surface area contributed by atoms with Crippen molar-refractivity contribution in [1.29, 1.82) is 0 Å². The monoisotopic (exact) mass is 287 g/mol. The average molecular weight is 289 g/mol. The van der Waals surface area contributed by atoms with Crippen molar-refractivity contribution >= 4 is 34.8 Å². The molecule has 0 amide bonds. The second kappa shape index (κ2) is 5.13. The van der Waals surface area contributed by atoms with Crippen LogP contribution in [0.5, 0.6) is 5.88 Å². The van der Waals surface area contributed by atoms with Crippen LogP contribution in [0.2, 0.25) is 15.1 Å². The zero-order valence-corrected chi connectivity index (χ0v) is 11.1. The number of ether oxygens (including phenoxy) is 1. The molecular weight excluding hydrogens is 280 g/mol. The number of hydrogen-bond acceptors (Lipinski definition) is 2. The van der Waals surface area contributed by atoms with Crippen molar-refractivity contribution in [2.45, 2.75) is 0 Å². The fraction of sp³-hybridized carbons (Fsp3) is 0.0833. The third-order valence-corrected chi connectivity index (χ3v) is 3.20. The van der Waals surface area contributed by atoms with Gasteiger partial charge < -0.3 is 4.74 Å². The van der Waals surface area contributed by atoms with Crippen molar-refractivity contribution in [3.63, 3.8) is 0 Å². The standard InChI is InChI=1S/C12H8Cl3NO/c1-17-12-11(15)8(4-5-16-12)9-6-7(13)2-3-10(9)14/h2-6H,1H3. The van der Waals surface area contributed by atoms with Gasteiger partial charge in [0, 0.05) is 27.4 Å². The minimum Gasteiger partial charge on any atom is -0.480 e. The van der Waals surface area contributed by atoms with Crippen molar-refractivity contribution in [2.75, 3.05) is 7.11 Å². The summed E-state index contributed by atoms with van der Waals surface area (Å²) in [6.45, 7) is 0. The van der Waals surface area contributed by atoms with E-state index in [0.29, 0.717) is 20.9 Å². The summed E-state index contributed by atoms with van der Waals surface area (Å²) in [6, 6.07) is 6.97. The van der Waals surface area contributed by atoms with Crippen molar-refractivity contribution in [1.82, 2.24) is 4.98 Å². The van der Waals surface area contributed by atoms with Crippen molar-refractivity contribution in [3.8, 4) is 17.0 Å². The lowest BCUT2D eigenvalue weighted by atomic mass is 10.1. The zero-order valence-electron chi connectivity index (χ0n) is 8.88. The minimum atomic E-state index is 0.361. The molecule has 0 bridgehead atoms. The van der Waals surface area contributed by atoms with E-state index in [9.17, 15) is 0 Å². The Morgan fingerprint density at radius 2 is 1.82 bits per heavy atom. The van der Waals surface area contributed by atoms with Crippen LogP contribution in [0, 0.1) is 0 Å². The maximum atomic E-state index is 6.18. The minimum absolute atomic E-state index is 0.361. The van der Waals surface area contributed by atoms with Crippen molar-refractivity contribution in [3.05, 3.63) is 45.5 Å².